The van der Waals surface area contributed by atoms with E-state index in [4.69, 9.17) is 29.9 Å². The molecule has 0 radical (unpaired) electrons. The maximum absolute atomic E-state index is 12.1. The van der Waals surface area contributed by atoms with E-state index in [1.165, 1.54) is 12.1 Å². The van der Waals surface area contributed by atoms with E-state index in [9.17, 15) is 10.1 Å². The van der Waals surface area contributed by atoms with Gasteiger partial charge in [-0.25, -0.2) is 29.9 Å². The summed E-state index contributed by atoms with van der Waals surface area (Å²) in [6, 6.07) is 23.7. The Balaban J connectivity index is 1.34. The topological polar surface area (TPSA) is 162 Å². The number of nitro benzene ring substituents is 1. The number of thioether (sulfide) groups is 3. The SMILES string of the molecule is CN(C)CCSc1ccc2c(c1)-c1nc-2nc2[nH]c(nc3nc(nc4[nH]c(n1)c1ccc(SCCN(C)C)cc41)-c1ccc([N+](=O)[O-])cc1-3)c1ccc(SCCN(C)C)cc21. The number of rotatable bonds is 13. The molecule has 2 aliphatic heterocycles. The van der Waals surface area contributed by atoms with Gasteiger partial charge in [0.25, 0.3) is 5.69 Å². The van der Waals surface area contributed by atoms with Gasteiger partial charge in [0.15, 0.2) is 23.3 Å². The second kappa shape index (κ2) is 17.1. The molecule has 0 saturated heterocycles. The zero-order valence-electron chi connectivity index (χ0n) is 34.7. The zero-order chi connectivity index (χ0) is 42.4. The molecule has 8 bridgehead atoms. The number of fused-ring (bicyclic) bond motifs is 20. The van der Waals surface area contributed by atoms with Crippen LogP contribution < -0.4 is 0 Å². The molecule has 0 saturated carbocycles. The van der Waals surface area contributed by atoms with E-state index >= 15 is 0 Å². The Morgan fingerprint density at radius 3 is 1.30 bits per heavy atom. The van der Waals surface area contributed by atoms with Crippen LogP contribution >= 0.6 is 35.3 Å². The van der Waals surface area contributed by atoms with E-state index < -0.39 is 4.92 Å². The summed E-state index contributed by atoms with van der Waals surface area (Å²) in [5.41, 5.74) is 5.14. The molecule has 5 heterocycles. The molecule has 2 aliphatic rings. The average Bonchev–Trinajstić information content (AvgIpc) is 3.95. The smallest absolute Gasteiger partial charge is 0.270 e. The van der Waals surface area contributed by atoms with E-state index in [2.05, 4.69) is 115 Å². The van der Waals surface area contributed by atoms with Crippen molar-refractivity contribution in [3.8, 4) is 45.6 Å². The largest absolute Gasteiger partial charge is 0.324 e. The lowest BCUT2D eigenvalue weighted by molar-refractivity contribution is -0.384. The summed E-state index contributed by atoms with van der Waals surface area (Å²) >= 11 is 5.34. The lowest BCUT2D eigenvalue weighted by atomic mass is 10.1. The lowest BCUT2D eigenvalue weighted by Crippen LogP contribution is -2.14. The highest BCUT2D eigenvalue weighted by atomic mass is 32.2. The maximum Gasteiger partial charge on any atom is 0.270 e. The first-order valence-corrected chi connectivity index (χ1v) is 22.8. The monoisotopic (exact) mass is 868 g/mol. The number of nitrogens with zero attached hydrogens (tertiary/aromatic N) is 10. The number of hydrogen-bond acceptors (Lipinski definition) is 14. The highest BCUT2D eigenvalue weighted by Crippen LogP contribution is 2.40. The second-order valence-electron chi connectivity index (χ2n) is 15.7. The van der Waals surface area contributed by atoms with Crippen LogP contribution in [-0.2, 0) is 0 Å². The Hall–Kier alpha value is -5.43. The molecule has 4 aromatic carbocycles. The molecule has 9 rings (SSSR count). The van der Waals surface area contributed by atoms with Crippen LogP contribution in [0.15, 0.2) is 87.5 Å². The van der Waals surface area contributed by atoms with Crippen LogP contribution in [-0.4, -0.2) is 139 Å². The summed E-state index contributed by atoms with van der Waals surface area (Å²) in [5.74, 6) is 4.54. The third kappa shape index (κ3) is 8.58. The Labute approximate surface area is 365 Å². The van der Waals surface area contributed by atoms with Gasteiger partial charge in [-0.3, -0.25) is 10.1 Å². The molecule has 0 fully saturated rings. The molecule has 0 unspecified atom stereocenters. The van der Waals surface area contributed by atoms with Crippen LogP contribution in [0.5, 0.6) is 0 Å². The zero-order valence-corrected chi connectivity index (χ0v) is 37.1. The van der Waals surface area contributed by atoms with E-state index in [0.29, 0.717) is 57.0 Å². The van der Waals surface area contributed by atoms with Crippen molar-refractivity contribution in [2.45, 2.75) is 14.7 Å². The minimum absolute atomic E-state index is 0.0602. The van der Waals surface area contributed by atoms with Gasteiger partial charge in [-0.15, -0.1) is 35.3 Å². The van der Waals surface area contributed by atoms with Crippen molar-refractivity contribution in [2.75, 3.05) is 79.2 Å². The van der Waals surface area contributed by atoms with Crippen LogP contribution in [0, 0.1) is 10.1 Å². The molecular weight excluding hydrogens is 825 g/mol. The third-order valence-corrected chi connectivity index (χ3v) is 13.3. The molecule has 14 nitrogen and oxygen atoms in total. The van der Waals surface area contributed by atoms with Crippen LogP contribution in [0.4, 0.5) is 5.69 Å². The summed E-state index contributed by atoms with van der Waals surface area (Å²) in [5, 5.41) is 15.5. The van der Waals surface area contributed by atoms with Gasteiger partial charge in [-0.2, -0.15) is 0 Å². The van der Waals surface area contributed by atoms with Crippen molar-refractivity contribution in [1.29, 1.82) is 0 Å². The highest BCUT2D eigenvalue weighted by molar-refractivity contribution is 7.99. The van der Waals surface area contributed by atoms with Crippen LogP contribution in [0.25, 0.3) is 89.7 Å². The minimum Gasteiger partial charge on any atom is -0.324 e. The standard InChI is InChI=1S/C44H44N12O2S3/c1-53(2)15-18-59-26-8-12-30-34(22-26)43-48-38(30)46-41-33-21-25(56(57)58)7-11-29(33)37(45-41)47-42-35-23-27(60-19-16-54(3)4)9-13-31(35)39(49-42)51-44-36-24-28(61-20-17-55(5)6)10-14-32(36)40(50-43)52-44/h7-14,21-24H,15-20H2,1-6H3,(H2,45,46,47,48,49,50,51,52). The Bertz CT molecular complexity index is 3000. The number of nitro groups is 1. The fourth-order valence-electron chi connectivity index (χ4n) is 7.14. The molecule has 3 aromatic heterocycles. The number of aromatic amines is 2. The summed E-state index contributed by atoms with van der Waals surface area (Å²) in [6.07, 6.45) is 0. The molecular formula is C44H44N12O2S3. The summed E-state index contributed by atoms with van der Waals surface area (Å²) in [7, 11) is 12.4. The van der Waals surface area contributed by atoms with Crippen LogP contribution in [0.1, 0.15) is 0 Å². The fourth-order valence-corrected chi connectivity index (χ4v) is 10.3. The molecule has 0 aliphatic carbocycles. The molecule has 0 spiro atoms. The van der Waals surface area contributed by atoms with Crippen LogP contribution in [0.3, 0.4) is 0 Å². The molecule has 0 amide bonds. The normalized spacial score (nSPS) is 12.3. The molecule has 310 valence electrons. The van der Waals surface area contributed by atoms with Gasteiger partial charge in [0.2, 0.25) is 0 Å². The van der Waals surface area contributed by atoms with Gasteiger partial charge in [0, 0.05) is 108 Å². The number of H-pyrrole nitrogens is 2. The molecule has 7 aromatic rings. The van der Waals surface area contributed by atoms with Crippen molar-refractivity contribution in [3.63, 3.8) is 0 Å². The van der Waals surface area contributed by atoms with E-state index in [0.717, 1.165) is 84.3 Å². The number of nitrogens with one attached hydrogen (secondary N) is 2. The summed E-state index contributed by atoms with van der Waals surface area (Å²) in [6.45, 7) is 2.81. The summed E-state index contributed by atoms with van der Waals surface area (Å²) in [4.78, 5) is 59.4. The lowest BCUT2D eigenvalue weighted by Gasteiger charge is -2.09. The van der Waals surface area contributed by atoms with E-state index in [1.807, 2.05) is 6.07 Å². The quantitative estimate of drug-likeness (QED) is 0.0643. The van der Waals surface area contributed by atoms with Crippen molar-refractivity contribution in [3.05, 3.63) is 82.9 Å². The van der Waals surface area contributed by atoms with Gasteiger partial charge in [0.1, 0.15) is 22.6 Å². The van der Waals surface area contributed by atoms with E-state index in [1.54, 1.807) is 41.4 Å². The molecule has 0 atom stereocenters. The van der Waals surface area contributed by atoms with Crippen molar-refractivity contribution in [2.24, 2.45) is 0 Å². The number of aromatic nitrogens is 8. The first-order chi connectivity index (χ1) is 29.5. The van der Waals surface area contributed by atoms with Crippen molar-refractivity contribution in [1.82, 2.24) is 54.6 Å². The van der Waals surface area contributed by atoms with Gasteiger partial charge in [-0.05, 0) is 103 Å². The highest BCUT2D eigenvalue weighted by Gasteiger charge is 2.25. The number of benzene rings is 4. The fraction of sp³-hybridized carbons (Fsp3) is 0.273. The number of non-ortho nitro benzene ring substituents is 1. The first-order valence-electron chi connectivity index (χ1n) is 19.8. The van der Waals surface area contributed by atoms with Crippen molar-refractivity contribution >= 4 is 85.1 Å². The Morgan fingerprint density at radius 1 is 0.475 bits per heavy atom. The van der Waals surface area contributed by atoms with Gasteiger partial charge in [-0.1, -0.05) is 0 Å². The first kappa shape index (κ1) is 40.9. The maximum atomic E-state index is 12.1. The van der Waals surface area contributed by atoms with Gasteiger partial charge < -0.3 is 24.7 Å². The Kier molecular flexibility index (Phi) is 11.5. The predicted octanol–water partition coefficient (Wildman–Crippen LogP) is 8.74. The molecule has 61 heavy (non-hydrogen) atoms. The third-order valence-electron chi connectivity index (χ3n) is 10.4. The second-order valence-corrected chi connectivity index (χ2v) is 19.2. The van der Waals surface area contributed by atoms with Gasteiger partial charge >= 0.3 is 0 Å². The van der Waals surface area contributed by atoms with Crippen LogP contribution in [0.2, 0.25) is 0 Å². The summed E-state index contributed by atoms with van der Waals surface area (Å²) < 4.78 is 0. The predicted molar refractivity (Wildman–Crippen MR) is 251 cm³/mol. The average molecular weight is 869 g/mol. The molecule has 17 heteroatoms. The number of hydrogen-bond donors (Lipinski definition) is 2. The molecule has 2 N–H and O–H groups in total. The Morgan fingerprint density at radius 2 is 0.852 bits per heavy atom. The van der Waals surface area contributed by atoms with E-state index in [-0.39, 0.29) is 5.69 Å². The minimum atomic E-state index is -0.405. The van der Waals surface area contributed by atoms with Crippen molar-refractivity contribution < 1.29 is 4.92 Å². The van der Waals surface area contributed by atoms with Gasteiger partial charge in [0.05, 0.1) is 4.92 Å².